The molecule has 0 aliphatic heterocycles. The van der Waals surface area contributed by atoms with Gasteiger partial charge < -0.3 is 9.84 Å². The number of ether oxygens (including phenoxy) is 1. The van der Waals surface area contributed by atoms with Crippen LogP contribution in [0.15, 0.2) is 0 Å². The Morgan fingerprint density at radius 2 is 2.06 bits per heavy atom. The van der Waals surface area contributed by atoms with E-state index in [1.165, 1.54) is 0 Å². The largest absolute Gasteiger partial charge is 0.465 e. The van der Waals surface area contributed by atoms with Crippen molar-refractivity contribution >= 4 is 5.97 Å². The molecule has 1 fully saturated rings. The van der Waals surface area contributed by atoms with E-state index < -0.39 is 0 Å². The van der Waals surface area contributed by atoms with Gasteiger partial charge in [-0.05, 0) is 33.2 Å². The van der Waals surface area contributed by atoms with E-state index in [1.807, 2.05) is 18.9 Å². The molecule has 0 aromatic heterocycles. The van der Waals surface area contributed by atoms with E-state index >= 15 is 0 Å². The molecule has 3 unspecified atom stereocenters. The van der Waals surface area contributed by atoms with E-state index in [4.69, 9.17) is 4.74 Å². The number of rotatable bonds is 6. The molecule has 106 valence electrons. The quantitative estimate of drug-likeness (QED) is 0.739. The number of aliphatic hydroxyl groups excluding tert-OH is 1. The predicted molar refractivity (Wildman–Crippen MR) is 71.4 cm³/mol. The van der Waals surface area contributed by atoms with E-state index in [9.17, 15) is 9.90 Å². The van der Waals surface area contributed by atoms with Gasteiger partial charge in [0, 0.05) is 6.04 Å². The van der Waals surface area contributed by atoms with Gasteiger partial charge in [-0.2, -0.15) is 0 Å². The molecule has 18 heavy (non-hydrogen) atoms. The van der Waals surface area contributed by atoms with Crippen LogP contribution in [0, 0.1) is 0 Å². The second-order valence-corrected chi connectivity index (χ2v) is 5.14. The number of esters is 1. The fraction of sp³-hybridized carbons (Fsp3) is 0.929. The van der Waals surface area contributed by atoms with Crippen molar-refractivity contribution in [3.05, 3.63) is 0 Å². The molecule has 1 aliphatic rings. The van der Waals surface area contributed by atoms with Crippen LogP contribution in [0.1, 0.15) is 52.4 Å². The van der Waals surface area contributed by atoms with Crippen molar-refractivity contribution in [2.45, 2.75) is 70.6 Å². The van der Waals surface area contributed by atoms with E-state index in [2.05, 4.69) is 6.92 Å². The first-order chi connectivity index (χ1) is 8.61. The highest BCUT2D eigenvalue weighted by Crippen LogP contribution is 2.25. The average Bonchev–Trinajstić information content (AvgIpc) is 2.36. The summed E-state index contributed by atoms with van der Waals surface area (Å²) in [5, 5.41) is 10.1. The molecule has 4 nitrogen and oxygen atoms in total. The van der Waals surface area contributed by atoms with Crippen LogP contribution < -0.4 is 0 Å². The van der Waals surface area contributed by atoms with Crippen molar-refractivity contribution in [2.75, 3.05) is 13.7 Å². The Morgan fingerprint density at radius 3 is 2.61 bits per heavy atom. The van der Waals surface area contributed by atoms with Crippen LogP contribution in [-0.2, 0) is 9.53 Å². The highest BCUT2D eigenvalue weighted by molar-refractivity contribution is 5.75. The number of hydrogen-bond donors (Lipinski definition) is 1. The van der Waals surface area contributed by atoms with Crippen LogP contribution in [0.3, 0.4) is 0 Å². The average molecular weight is 257 g/mol. The molecule has 0 spiro atoms. The van der Waals surface area contributed by atoms with Gasteiger partial charge in [-0.3, -0.25) is 9.69 Å². The molecule has 1 N–H and O–H groups in total. The Hall–Kier alpha value is -0.610. The van der Waals surface area contributed by atoms with Gasteiger partial charge >= 0.3 is 5.97 Å². The lowest BCUT2D eigenvalue weighted by molar-refractivity contribution is -0.151. The Bertz CT molecular complexity index is 257. The monoisotopic (exact) mass is 257 g/mol. The fourth-order valence-corrected chi connectivity index (χ4v) is 2.80. The molecular formula is C14H27NO3. The van der Waals surface area contributed by atoms with Crippen molar-refractivity contribution in [2.24, 2.45) is 0 Å². The van der Waals surface area contributed by atoms with Crippen molar-refractivity contribution < 1.29 is 14.6 Å². The second-order valence-electron chi connectivity index (χ2n) is 5.14. The Morgan fingerprint density at radius 1 is 1.39 bits per heavy atom. The number of hydrogen-bond acceptors (Lipinski definition) is 4. The molecule has 0 aromatic carbocycles. The van der Waals surface area contributed by atoms with Crippen molar-refractivity contribution in [3.63, 3.8) is 0 Å². The Kier molecular flexibility index (Phi) is 6.65. The third-order valence-corrected chi connectivity index (χ3v) is 3.83. The van der Waals surface area contributed by atoms with Gasteiger partial charge in [0.25, 0.3) is 0 Å². The van der Waals surface area contributed by atoms with E-state index in [0.717, 1.165) is 38.5 Å². The molecule has 0 aromatic rings. The molecule has 0 bridgehead atoms. The second kappa shape index (κ2) is 7.74. The van der Waals surface area contributed by atoms with Gasteiger partial charge in [-0.15, -0.1) is 0 Å². The maximum absolute atomic E-state index is 12.0. The topological polar surface area (TPSA) is 49.8 Å². The number of carbonyl (C=O) groups excluding carboxylic acids is 1. The van der Waals surface area contributed by atoms with Gasteiger partial charge in [-0.25, -0.2) is 0 Å². The molecule has 3 atom stereocenters. The summed E-state index contributed by atoms with van der Waals surface area (Å²) in [6.45, 7) is 4.31. The van der Waals surface area contributed by atoms with Gasteiger partial charge in [0.1, 0.15) is 6.04 Å². The minimum absolute atomic E-state index is 0.0970. The Labute approximate surface area is 110 Å². The van der Waals surface area contributed by atoms with Crippen molar-refractivity contribution in [1.82, 2.24) is 4.90 Å². The van der Waals surface area contributed by atoms with Crippen LogP contribution in [-0.4, -0.2) is 47.8 Å². The zero-order valence-electron chi connectivity index (χ0n) is 11.9. The summed E-state index contributed by atoms with van der Waals surface area (Å²) in [6.07, 6.45) is 5.46. The number of nitrogens with zero attached hydrogens (tertiary/aromatic N) is 1. The summed E-state index contributed by atoms with van der Waals surface area (Å²) in [5.41, 5.74) is 0. The third kappa shape index (κ3) is 3.95. The van der Waals surface area contributed by atoms with Crippen LogP contribution in [0.25, 0.3) is 0 Å². The van der Waals surface area contributed by atoms with Crippen LogP contribution in [0.2, 0.25) is 0 Å². The standard InChI is InChI=1S/C14H27NO3/c1-4-8-12(14(17)18-5-2)15(3)11-9-6-7-10-13(11)16/h11-13,16H,4-10H2,1-3H3. The third-order valence-electron chi connectivity index (χ3n) is 3.83. The fourth-order valence-electron chi connectivity index (χ4n) is 2.80. The first-order valence-corrected chi connectivity index (χ1v) is 7.18. The highest BCUT2D eigenvalue weighted by Gasteiger charge is 2.33. The lowest BCUT2D eigenvalue weighted by atomic mass is 9.90. The molecule has 1 rings (SSSR count). The zero-order chi connectivity index (χ0) is 13.5. The Balaban J connectivity index is 2.67. The van der Waals surface area contributed by atoms with Gasteiger partial charge in [0.05, 0.1) is 12.7 Å². The number of likely N-dealkylation sites (N-methyl/N-ethyl adjacent to an activating group) is 1. The molecule has 0 heterocycles. The normalized spacial score (nSPS) is 26.1. The maximum atomic E-state index is 12.0. The summed E-state index contributed by atoms with van der Waals surface area (Å²) >= 11 is 0. The molecule has 0 radical (unpaired) electrons. The van der Waals surface area contributed by atoms with Crippen molar-refractivity contribution in [3.8, 4) is 0 Å². The van der Waals surface area contributed by atoms with Crippen molar-refractivity contribution in [1.29, 1.82) is 0 Å². The summed E-state index contributed by atoms with van der Waals surface area (Å²) in [6, 6.07) is -0.118. The van der Waals surface area contributed by atoms with E-state index in [-0.39, 0.29) is 24.2 Å². The minimum atomic E-state index is -0.308. The molecule has 0 saturated heterocycles. The van der Waals surface area contributed by atoms with Crippen LogP contribution in [0.5, 0.6) is 0 Å². The lowest BCUT2D eigenvalue weighted by Crippen LogP contribution is -2.51. The summed E-state index contributed by atoms with van der Waals surface area (Å²) in [7, 11) is 1.94. The minimum Gasteiger partial charge on any atom is -0.465 e. The predicted octanol–water partition coefficient (Wildman–Crippen LogP) is 1.95. The molecule has 4 heteroatoms. The maximum Gasteiger partial charge on any atom is 0.323 e. The first-order valence-electron chi connectivity index (χ1n) is 7.18. The van der Waals surface area contributed by atoms with Crippen LogP contribution in [0.4, 0.5) is 0 Å². The van der Waals surface area contributed by atoms with Gasteiger partial charge in [0.15, 0.2) is 0 Å². The lowest BCUT2D eigenvalue weighted by Gasteiger charge is -2.38. The number of aliphatic hydroxyl groups is 1. The summed E-state index contributed by atoms with van der Waals surface area (Å²) in [5.74, 6) is -0.153. The van der Waals surface area contributed by atoms with Gasteiger partial charge in [-0.1, -0.05) is 26.2 Å². The summed E-state index contributed by atoms with van der Waals surface area (Å²) in [4.78, 5) is 14.0. The molecular weight excluding hydrogens is 230 g/mol. The van der Waals surface area contributed by atoms with E-state index in [1.54, 1.807) is 0 Å². The smallest absolute Gasteiger partial charge is 0.323 e. The van der Waals surface area contributed by atoms with Gasteiger partial charge in [0.2, 0.25) is 0 Å². The highest BCUT2D eigenvalue weighted by atomic mass is 16.5. The number of carbonyl (C=O) groups is 1. The van der Waals surface area contributed by atoms with Crippen LogP contribution >= 0.6 is 0 Å². The first kappa shape index (κ1) is 15.4. The summed E-state index contributed by atoms with van der Waals surface area (Å²) < 4.78 is 5.14. The molecule has 1 aliphatic carbocycles. The van der Waals surface area contributed by atoms with E-state index in [0.29, 0.717) is 6.61 Å². The molecule has 1 saturated carbocycles. The zero-order valence-corrected chi connectivity index (χ0v) is 11.9. The SMILES string of the molecule is CCCC(C(=O)OCC)N(C)C1CCCCC1O. The molecule has 0 amide bonds.